The van der Waals surface area contributed by atoms with E-state index in [0.717, 1.165) is 16.5 Å². The Kier molecular flexibility index (Phi) is 13.5. The van der Waals surface area contributed by atoms with Gasteiger partial charge < -0.3 is 58.4 Å². The molecule has 6 atom stereocenters. The fourth-order valence-corrected chi connectivity index (χ4v) is 6.14. The Hall–Kier alpha value is -5.68. The van der Waals surface area contributed by atoms with E-state index in [2.05, 4.69) is 25.9 Å². The molecular formula is C35H47N9O8. The molecule has 0 bridgehead atoms. The van der Waals surface area contributed by atoms with E-state index >= 15 is 0 Å². The van der Waals surface area contributed by atoms with Crippen LogP contribution in [0.15, 0.2) is 59.7 Å². The summed E-state index contributed by atoms with van der Waals surface area (Å²) in [5.41, 5.74) is 19.1. The number of carboxylic acids is 1. The van der Waals surface area contributed by atoms with Crippen LogP contribution in [0.4, 0.5) is 0 Å². The average Bonchev–Trinajstić information content (AvgIpc) is 3.76. The quantitative estimate of drug-likeness (QED) is 0.0456. The van der Waals surface area contributed by atoms with Gasteiger partial charge in [0.2, 0.25) is 23.6 Å². The number of aromatic nitrogens is 1. The maximum absolute atomic E-state index is 13.8. The summed E-state index contributed by atoms with van der Waals surface area (Å²) in [6, 6.07) is 7.33. The maximum Gasteiger partial charge on any atom is 0.326 e. The molecule has 17 heteroatoms. The second-order valence-electron chi connectivity index (χ2n) is 12.9. The van der Waals surface area contributed by atoms with Gasteiger partial charge in [-0.15, -0.1) is 0 Å². The topological polar surface area (TPSA) is 292 Å². The number of aliphatic carboxylic acids is 1. The van der Waals surface area contributed by atoms with Crippen molar-refractivity contribution in [2.45, 2.75) is 81.8 Å². The van der Waals surface area contributed by atoms with Crippen LogP contribution in [0.25, 0.3) is 10.9 Å². The summed E-state index contributed by atoms with van der Waals surface area (Å²) < 4.78 is 0. The number of hydrogen-bond donors (Lipinski definition) is 10. The Labute approximate surface area is 300 Å². The third kappa shape index (κ3) is 10.4. The van der Waals surface area contributed by atoms with E-state index in [1.165, 1.54) is 24.0 Å². The Morgan fingerprint density at radius 1 is 0.981 bits per heavy atom. The molecule has 1 aromatic heterocycles. The minimum Gasteiger partial charge on any atom is -0.508 e. The summed E-state index contributed by atoms with van der Waals surface area (Å²) in [6.07, 6.45) is 1.42. The summed E-state index contributed by atoms with van der Waals surface area (Å²) in [7, 11) is 0. The lowest BCUT2D eigenvalue weighted by Gasteiger charge is -2.31. The Morgan fingerprint density at radius 3 is 2.37 bits per heavy atom. The van der Waals surface area contributed by atoms with Crippen molar-refractivity contribution in [3.05, 3.63) is 65.9 Å². The Morgan fingerprint density at radius 2 is 1.69 bits per heavy atom. The molecule has 17 nitrogen and oxygen atoms in total. The second kappa shape index (κ2) is 18.0. The number of guanidine groups is 1. The minimum absolute atomic E-state index is 0.000521. The number of aliphatic imine (C=N–C) groups is 1. The van der Waals surface area contributed by atoms with Crippen LogP contribution in [0.2, 0.25) is 0 Å². The SMILES string of the molecule is C[C@@H](O)[C@H](NC(=O)[C@@H](N)Cc1c[nH]c2ccccc12)C(=O)N1CCC[C@H]1C(=O)N[C@@H](Cc1ccc(O)cc1)C(=O)N[C@@H](CCCN=C(N)N)C(=O)O. The number of phenols is 1. The molecule has 280 valence electrons. The number of carbonyl (C=O) groups excluding carboxylic acids is 4. The van der Waals surface area contributed by atoms with E-state index in [1.54, 1.807) is 18.3 Å². The van der Waals surface area contributed by atoms with Crippen molar-refractivity contribution in [1.29, 1.82) is 0 Å². The fraction of sp³-hybridized carbons (Fsp3) is 0.429. The highest BCUT2D eigenvalue weighted by Gasteiger charge is 2.41. The van der Waals surface area contributed by atoms with Crippen LogP contribution in [0.1, 0.15) is 43.7 Å². The number of phenolic OH excluding ortho intramolecular Hbond substituents is 1. The standard InChI is InChI=1S/C35H47N9O8/c1-19(45)29(43-30(47)24(36)17-21-18-40-25-7-3-2-6-23(21)25)33(50)44-15-5-9-28(44)32(49)42-27(16-20-10-12-22(46)13-11-20)31(48)41-26(34(51)52)8-4-14-39-35(37)38/h2-3,6-7,10-13,18-19,24,26-29,40,45-46H,4-5,8-9,14-17,36H2,1H3,(H,41,48)(H,42,49)(H,43,47)(H,51,52)(H4,37,38,39)/t19-,24+,26+,27+,28+,29+/m1/s1. The molecular weight excluding hydrogens is 674 g/mol. The Bertz CT molecular complexity index is 1760. The maximum atomic E-state index is 13.8. The van der Waals surface area contributed by atoms with Crippen molar-refractivity contribution in [2.24, 2.45) is 22.2 Å². The lowest BCUT2D eigenvalue weighted by Crippen LogP contribution is -2.60. The third-order valence-electron chi connectivity index (χ3n) is 8.91. The molecule has 1 saturated heterocycles. The number of nitrogens with two attached hydrogens (primary N) is 3. The molecule has 2 heterocycles. The molecule has 0 saturated carbocycles. The van der Waals surface area contributed by atoms with Crippen molar-refractivity contribution in [1.82, 2.24) is 25.8 Å². The number of carboxylic acid groups (broad SMARTS) is 1. The van der Waals surface area contributed by atoms with Crippen molar-refractivity contribution in [3.8, 4) is 5.75 Å². The van der Waals surface area contributed by atoms with Crippen LogP contribution in [0.3, 0.4) is 0 Å². The summed E-state index contributed by atoms with van der Waals surface area (Å²) in [5, 5.41) is 38.7. The largest absolute Gasteiger partial charge is 0.508 e. The number of H-pyrrole nitrogens is 1. The molecule has 13 N–H and O–H groups in total. The molecule has 1 fully saturated rings. The Balaban J connectivity index is 1.46. The molecule has 1 aliphatic rings. The van der Waals surface area contributed by atoms with E-state index in [4.69, 9.17) is 17.2 Å². The number of carbonyl (C=O) groups is 5. The van der Waals surface area contributed by atoms with Gasteiger partial charge in [-0.05, 0) is 68.4 Å². The van der Waals surface area contributed by atoms with Crippen molar-refractivity contribution >= 4 is 46.5 Å². The molecule has 2 aromatic carbocycles. The van der Waals surface area contributed by atoms with Gasteiger partial charge in [0.15, 0.2) is 5.96 Å². The summed E-state index contributed by atoms with van der Waals surface area (Å²) in [4.78, 5) is 74.5. The number of aromatic hydroxyl groups is 1. The van der Waals surface area contributed by atoms with E-state index < -0.39 is 65.9 Å². The minimum atomic E-state index is -1.42. The van der Waals surface area contributed by atoms with Gasteiger partial charge in [-0.2, -0.15) is 0 Å². The van der Waals surface area contributed by atoms with Gasteiger partial charge in [-0.25, -0.2) is 4.79 Å². The summed E-state index contributed by atoms with van der Waals surface area (Å²) in [5.74, 6) is -4.31. The van der Waals surface area contributed by atoms with Crippen LogP contribution in [-0.2, 0) is 36.8 Å². The van der Waals surface area contributed by atoms with E-state index in [1.807, 2.05) is 24.3 Å². The second-order valence-corrected chi connectivity index (χ2v) is 12.9. The molecule has 0 unspecified atom stereocenters. The van der Waals surface area contributed by atoms with Gasteiger partial charge in [0.05, 0.1) is 12.1 Å². The van der Waals surface area contributed by atoms with Gasteiger partial charge >= 0.3 is 5.97 Å². The van der Waals surface area contributed by atoms with E-state index in [-0.39, 0.29) is 56.9 Å². The zero-order valence-corrected chi connectivity index (χ0v) is 28.8. The van der Waals surface area contributed by atoms with Crippen LogP contribution in [0, 0.1) is 0 Å². The highest BCUT2D eigenvalue weighted by Crippen LogP contribution is 2.22. The number of nitrogens with one attached hydrogen (secondary N) is 4. The predicted molar refractivity (Wildman–Crippen MR) is 192 cm³/mol. The monoisotopic (exact) mass is 721 g/mol. The van der Waals surface area contributed by atoms with Crippen LogP contribution in [-0.4, -0.2) is 110 Å². The average molecular weight is 722 g/mol. The molecule has 4 rings (SSSR count). The van der Waals surface area contributed by atoms with Crippen LogP contribution in [0.5, 0.6) is 5.75 Å². The first kappa shape index (κ1) is 39.1. The number of amides is 4. The first-order valence-electron chi connectivity index (χ1n) is 17.0. The normalized spacial score (nSPS) is 17.0. The van der Waals surface area contributed by atoms with Crippen LogP contribution < -0.4 is 33.2 Å². The molecule has 52 heavy (non-hydrogen) atoms. The lowest BCUT2D eigenvalue weighted by molar-refractivity contribution is -0.145. The molecule has 4 amide bonds. The fourth-order valence-electron chi connectivity index (χ4n) is 6.14. The predicted octanol–water partition coefficient (Wildman–Crippen LogP) is -1.05. The molecule has 3 aromatic rings. The van der Waals surface area contributed by atoms with E-state index in [9.17, 15) is 39.3 Å². The molecule has 0 aliphatic carbocycles. The number of para-hydroxylation sites is 1. The number of benzene rings is 2. The highest BCUT2D eigenvalue weighted by atomic mass is 16.4. The first-order valence-corrected chi connectivity index (χ1v) is 17.0. The zero-order valence-electron chi connectivity index (χ0n) is 28.8. The van der Waals surface area contributed by atoms with Gasteiger partial charge in [0, 0.05) is 36.6 Å². The number of likely N-dealkylation sites (tertiary alicyclic amines) is 1. The number of aliphatic hydroxyl groups excluding tert-OH is 1. The number of nitrogens with zero attached hydrogens (tertiary/aromatic N) is 2. The first-order chi connectivity index (χ1) is 24.7. The van der Waals surface area contributed by atoms with Crippen molar-refractivity contribution in [3.63, 3.8) is 0 Å². The third-order valence-corrected chi connectivity index (χ3v) is 8.91. The zero-order chi connectivity index (χ0) is 37.9. The van der Waals surface area contributed by atoms with Gasteiger partial charge in [-0.3, -0.25) is 24.2 Å². The molecule has 0 spiro atoms. The highest BCUT2D eigenvalue weighted by molar-refractivity contribution is 5.96. The number of aliphatic hydroxyl groups is 1. The van der Waals surface area contributed by atoms with Crippen molar-refractivity contribution in [2.75, 3.05) is 13.1 Å². The summed E-state index contributed by atoms with van der Waals surface area (Å²) >= 11 is 0. The molecule has 0 radical (unpaired) electrons. The van der Waals surface area contributed by atoms with Gasteiger partial charge in [-0.1, -0.05) is 30.3 Å². The smallest absolute Gasteiger partial charge is 0.326 e. The number of rotatable bonds is 17. The number of fused-ring (bicyclic) bond motifs is 1. The molecule has 1 aliphatic heterocycles. The van der Waals surface area contributed by atoms with E-state index in [0.29, 0.717) is 12.0 Å². The number of aromatic amines is 1. The number of hydrogen-bond acceptors (Lipinski definition) is 9. The van der Waals surface area contributed by atoms with Gasteiger partial charge in [0.25, 0.3) is 0 Å². The lowest BCUT2D eigenvalue weighted by atomic mass is 10.0. The van der Waals surface area contributed by atoms with Crippen molar-refractivity contribution < 1.29 is 39.3 Å². The van der Waals surface area contributed by atoms with Gasteiger partial charge in [0.1, 0.15) is 29.9 Å². The van der Waals surface area contributed by atoms with Crippen LogP contribution >= 0.6 is 0 Å². The summed E-state index contributed by atoms with van der Waals surface area (Å²) in [6.45, 7) is 1.63.